The first-order valence-corrected chi connectivity index (χ1v) is 14.0. The van der Waals surface area contributed by atoms with Gasteiger partial charge in [0.25, 0.3) is 16.8 Å². The Morgan fingerprint density at radius 2 is 1.79 bits per heavy atom. The maximum atomic E-state index is 13.0. The van der Waals surface area contributed by atoms with Gasteiger partial charge in [-0.3, -0.25) is 29.4 Å². The van der Waals surface area contributed by atoms with E-state index >= 15 is 0 Å². The number of rotatable bonds is 12. The summed E-state index contributed by atoms with van der Waals surface area (Å²) in [5.74, 6) is 0.0136. The van der Waals surface area contributed by atoms with Crippen LogP contribution in [-0.2, 0) is 16.2 Å². The van der Waals surface area contributed by atoms with Crippen molar-refractivity contribution in [1.82, 2.24) is 4.90 Å². The number of hydrogen-bond acceptors (Lipinski definition) is 9. The van der Waals surface area contributed by atoms with Crippen LogP contribution in [-0.4, -0.2) is 46.6 Å². The molecular weight excluding hydrogens is 586 g/mol. The van der Waals surface area contributed by atoms with E-state index in [4.69, 9.17) is 25.8 Å². The van der Waals surface area contributed by atoms with E-state index < -0.39 is 28.5 Å². The molecule has 1 fully saturated rings. The highest BCUT2D eigenvalue weighted by molar-refractivity contribution is 8.18. The lowest BCUT2D eigenvalue weighted by Crippen LogP contribution is -2.36. The SMILES string of the molecule is CCOc1ccc(NC(=O)CN2C(=O)S/C(=C/c3cc(Cl)c(OCc4cccc([N+](=O)[O-])c4)c(OCC)c3)C2=O)cc1. The average Bonchev–Trinajstić information content (AvgIpc) is 3.21. The number of ether oxygens (including phenoxy) is 3. The molecule has 0 saturated carbocycles. The molecule has 1 N–H and O–H groups in total. The molecule has 0 spiro atoms. The number of imide groups is 1. The van der Waals surface area contributed by atoms with Gasteiger partial charge in [0.2, 0.25) is 5.91 Å². The number of halogens is 1. The van der Waals surface area contributed by atoms with Crippen molar-refractivity contribution in [3.8, 4) is 17.2 Å². The molecule has 3 aromatic carbocycles. The summed E-state index contributed by atoms with van der Waals surface area (Å²) in [5, 5.41) is 13.3. The van der Waals surface area contributed by atoms with E-state index in [9.17, 15) is 24.5 Å². The molecular formula is C29H26ClN3O8S. The van der Waals surface area contributed by atoms with Crippen LogP contribution in [0.1, 0.15) is 25.0 Å². The number of carbonyl (C=O) groups is 3. The quantitative estimate of drug-likeness (QED) is 0.142. The molecule has 13 heteroatoms. The molecule has 11 nitrogen and oxygen atoms in total. The molecule has 0 unspecified atom stereocenters. The number of thioether (sulfide) groups is 1. The second-order valence-electron chi connectivity index (χ2n) is 8.75. The van der Waals surface area contributed by atoms with Gasteiger partial charge < -0.3 is 19.5 Å². The Labute approximate surface area is 250 Å². The molecule has 42 heavy (non-hydrogen) atoms. The Morgan fingerprint density at radius 1 is 1.05 bits per heavy atom. The third-order valence-corrected chi connectivity index (χ3v) is 6.95. The van der Waals surface area contributed by atoms with Gasteiger partial charge >= 0.3 is 0 Å². The van der Waals surface area contributed by atoms with Crippen molar-refractivity contribution >= 4 is 57.9 Å². The summed E-state index contributed by atoms with van der Waals surface area (Å²) in [6, 6.07) is 15.9. The van der Waals surface area contributed by atoms with Gasteiger partial charge in [0, 0.05) is 17.8 Å². The lowest BCUT2D eigenvalue weighted by atomic mass is 10.1. The highest BCUT2D eigenvalue weighted by atomic mass is 35.5. The van der Waals surface area contributed by atoms with Gasteiger partial charge in [0.1, 0.15) is 18.9 Å². The molecule has 0 bridgehead atoms. The summed E-state index contributed by atoms with van der Waals surface area (Å²) in [5.41, 5.74) is 1.46. The minimum atomic E-state index is -0.619. The van der Waals surface area contributed by atoms with E-state index in [1.54, 1.807) is 55.5 Å². The van der Waals surface area contributed by atoms with E-state index in [1.807, 2.05) is 6.92 Å². The first-order valence-electron chi connectivity index (χ1n) is 12.8. The average molecular weight is 612 g/mol. The Kier molecular flexibility index (Phi) is 10.0. The van der Waals surface area contributed by atoms with Crippen molar-refractivity contribution in [3.63, 3.8) is 0 Å². The molecule has 3 amide bonds. The highest BCUT2D eigenvalue weighted by Gasteiger charge is 2.36. The van der Waals surface area contributed by atoms with Gasteiger partial charge in [-0.15, -0.1) is 0 Å². The Balaban J connectivity index is 1.46. The monoisotopic (exact) mass is 611 g/mol. The van der Waals surface area contributed by atoms with Gasteiger partial charge in [-0.2, -0.15) is 0 Å². The molecule has 3 aromatic rings. The summed E-state index contributed by atoms with van der Waals surface area (Å²) in [6.07, 6.45) is 1.48. The van der Waals surface area contributed by atoms with Crippen LogP contribution in [0.2, 0.25) is 5.02 Å². The van der Waals surface area contributed by atoms with E-state index in [1.165, 1.54) is 18.2 Å². The Hall–Kier alpha value is -4.55. The first-order chi connectivity index (χ1) is 20.2. The summed E-state index contributed by atoms with van der Waals surface area (Å²) < 4.78 is 16.9. The topological polar surface area (TPSA) is 137 Å². The molecule has 4 rings (SSSR count). The van der Waals surface area contributed by atoms with E-state index in [2.05, 4.69) is 5.32 Å². The smallest absolute Gasteiger partial charge is 0.294 e. The van der Waals surface area contributed by atoms with Crippen LogP contribution < -0.4 is 19.5 Å². The third kappa shape index (κ3) is 7.59. The van der Waals surface area contributed by atoms with Crippen LogP contribution in [0.4, 0.5) is 16.2 Å². The summed E-state index contributed by atoms with van der Waals surface area (Å²) in [4.78, 5) is 49.7. The maximum absolute atomic E-state index is 13.0. The summed E-state index contributed by atoms with van der Waals surface area (Å²) >= 11 is 7.20. The van der Waals surface area contributed by atoms with Gasteiger partial charge in [-0.25, -0.2) is 0 Å². The predicted molar refractivity (Wildman–Crippen MR) is 159 cm³/mol. The fourth-order valence-corrected chi connectivity index (χ4v) is 5.03. The molecule has 1 aliphatic heterocycles. The molecule has 1 aliphatic rings. The molecule has 0 atom stereocenters. The van der Waals surface area contributed by atoms with Crippen LogP contribution >= 0.6 is 23.4 Å². The molecule has 218 valence electrons. The van der Waals surface area contributed by atoms with Crippen LogP contribution in [0.25, 0.3) is 6.08 Å². The predicted octanol–water partition coefficient (Wildman–Crippen LogP) is 6.30. The number of amides is 3. The third-order valence-electron chi connectivity index (χ3n) is 5.76. The number of hydrogen-bond donors (Lipinski definition) is 1. The van der Waals surface area contributed by atoms with E-state index in [-0.39, 0.29) is 40.3 Å². The van der Waals surface area contributed by atoms with E-state index in [0.717, 1.165) is 4.90 Å². The van der Waals surface area contributed by atoms with Gasteiger partial charge in [0.15, 0.2) is 11.5 Å². The summed E-state index contributed by atoms with van der Waals surface area (Å²) in [7, 11) is 0. The zero-order valence-electron chi connectivity index (χ0n) is 22.6. The highest BCUT2D eigenvalue weighted by Crippen LogP contribution is 2.39. The van der Waals surface area contributed by atoms with E-state index in [0.29, 0.717) is 40.9 Å². The number of nitro groups is 1. The van der Waals surface area contributed by atoms with Gasteiger partial charge in [-0.05, 0) is 79.2 Å². The Bertz CT molecular complexity index is 1540. The fraction of sp³-hybridized carbons (Fsp3) is 0.207. The number of anilines is 1. The number of nitrogens with zero attached hydrogens (tertiary/aromatic N) is 2. The van der Waals surface area contributed by atoms with Crippen molar-refractivity contribution in [2.45, 2.75) is 20.5 Å². The second-order valence-corrected chi connectivity index (χ2v) is 10.2. The van der Waals surface area contributed by atoms with Crippen LogP contribution in [0, 0.1) is 10.1 Å². The molecule has 0 aromatic heterocycles. The normalized spacial score (nSPS) is 13.8. The lowest BCUT2D eigenvalue weighted by molar-refractivity contribution is -0.384. The number of nitro benzene ring substituents is 1. The van der Waals surface area contributed by atoms with Gasteiger partial charge in [-0.1, -0.05) is 23.7 Å². The minimum absolute atomic E-state index is 0.00155. The number of non-ortho nitro benzene ring substituents is 1. The van der Waals surface area contributed by atoms with Gasteiger partial charge in [0.05, 0.1) is 28.1 Å². The maximum Gasteiger partial charge on any atom is 0.294 e. The molecule has 0 radical (unpaired) electrons. The molecule has 1 saturated heterocycles. The molecule has 0 aliphatic carbocycles. The second kappa shape index (κ2) is 13.9. The van der Waals surface area contributed by atoms with Crippen molar-refractivity contribution in [2.75, 3.05) is 25.1 Å². The van der Waals surface area contributed by atoms with Crippen LogP contribution in [0.3, 0.4) is 0 Å². The number of nitrogens with one attached hydrogen (secondary N) is 1. The number of carbonyl (C=O) groups excluding carboxylic acids is 3. The van der Waals surface area contributed by atoms with Crippen molar-refractivity contribution in [1.29, 1.82) is 0 Å². The van der Waals surface area contributed by atoms with Crippen LogP contribution in [0.15, 0.2) is 65.6 Å². The zero-order chi connectivity index (χ0) is 30.2. The van der Waals surface area contributed by atoms with Crippen molar-refractivity contribution < 1.29 is 33.5 Å². The number of benzene rings is 3. The molecule has 1 heterocycles. The van der Waals surface area contributed by atoms with Crippen molar-refractivity contribution in [3.05, 3.63) is 91.8 Å². The van der Waals surface area contributed by atoms with Crippen molar-refractivity contribution in [2.24, 2.45) is 0 Å². The summed E-state index contributed by atoms with van der Waals surface area (Å²) in [6.45, 7) is 3.98. The lowest BCUT2D eigenvalue weighted by Gasteiger charge is -2.15. The minimum Gasteiger partial charge on any atom is -0.494 e. The largest absolute Gasteiger partial charge is 0.494 e. The van der Waals surface area contributed by atoms with Crippen LogP contribution in [0.5, 0.6) is 17.2 Å². The Morgan fingerprint density at radius 3 is 2.48 bits per heavy atom. The fourth-order valence-electron chi connectivity index (χ4n) is 3.92. The zero-order valence-corrected chi connectivity index (χ0v) is 24.2. The first kappa shape index (κ1) is 30.4. The standard InChI is InChI=1S/C29H26ClN3O8S/c1-3-39-22-10-8-20(9-11-22)31-26(34)16-32-28(35)25(42-29(32)36)15-19-13-23(30)27(24(14-19)40-4-2)41-17-18-6-5-7-21(12-18)33(37)38/h5-15H,3-4,16-17H2,1-2H3,(H,31,34)/b25-15+.